The zero-order valence-electron chi connectivity index (χ0n) is 12.9. The molecule has 1 unspecified atom stereocenters. The molecule has 0 N–H and O–H groups in total. The summed E-state index contributed by atoms with van der Waals surface area (Å²) >= 11 is -1.56. The molecule has 6 nitrogen and oxygen atoms in total. The molecular weight excluding hydrogens is 415 g/mol. The van der Waals surface area contributed by atoms with Gasteiger partial charge < -0.3 is 0 Å². The first-order chi connectivity index (χ1) is 11.1. The normalized spacial score (nSPS) is 12.4. The SMILES string of the molecule is COC(=O)c1ccc([AsH]S(=O)(=O)c2ccc(S(C)(=O)=O)cc2)cc1. The summed E-state index contributed by atoms with van der Waals surface area (Å²) in [6.45, 7) is 0. The molecule has 0 radical (unpaired) electrons. The fourth-order valence-corrected chi connectivity index (χ4v) is 8.32. The van der Waals surface area contributed by atoms with Crippen molar-refractivity contribution >= 4 is 42.9 Å². The van der Waals surface area contributed by atoms with Gasteiger partial charge in [0, 0.05) is 0 Å². The molecule has 2 aromatic carbocycles. The van der Waals surface area contributed by atoms with Crippen molar-refractivity contribution in [2.75, 3.05) is 13.4 Å². The van der Waals surface area contributed by atoms with Crippen molar-refractivity contribution in [2.24, 2.45) is 0 Å². The van der Waals surface area contributed by atoms with Crippen LogP contribution >= 0.6 is 0 Å². The van der Waals surface area contributed by atoms with Gasteiger partial charge in [0.15, 0.2) is 0 Å². The number of rotatable bonds is 5. The van der Waals surface area contributed by atoms with Crippen LogP contribution < -0.4 is 4.35 Å². The van der Waals surface area contributed by atoms with Gasteiger partial charge in [-0.2, -0.15) is 0 Å². The number of hydrogen-bond acceptors (Lipinski definition) is 6. The predicted octanol–water partition coefficient (Wildman–Crippen LogP) is 0.327. The molecule has 0 bridgehead atoms. The number of benzene rings is 2. The average molecular weight is 430 g/mol. The fourth-order valence-electron chi connectivity index (χ4n) is 1.87. The van der Waals surface area contributed by atoms with Gasteiger partial charge in [-0.25, -0.2) is 0 Å². The minimum atomic E-state index is -3.50. The zero-order chi connectivity index (χ0) is 18.0. The first kappa shape index (κ1) is 18.7. The Labute approximate surface area is 146 Å². The van der Waals surface area contributed by atoms with Gasteiger partial charge in [0.2, 0.25) is 0 Å². The van der Waals surface area contributed by atoms with E-state index in [2.05, 4.69) is 4.74 Å². The molecule has 9 heteroatoms. The molecule has 0 aliphatic rings. The number of hydrogen-bond donors (Lipinski definition) is 0. The van der Waals surface area contributed by atoms with Crippen molar-refractivity contribution in [3.05, 3.63) is 54.1 Å². The van der Waals surface area contributed by atoms with Crippen molar-refractivity contribution in [1.29, 1.82) is 0 Å². The van der Waals surface area contributed by atoms with E-state index in [1.807, 2.05) is 0 Å². The van der Waals surface area contributed by atoms with Gasteiger partial charge in [-0.3, -0.25) is 0 Å². The van der Waals surface area contributed by atoms with Gasteiger partial charge in [-0.1, -0.05) is 0 Å². The van der Waals surface area contributed by atoms with Crippen LogP contribution in [-0.2, 0) is 22.7 Å². The van der Waals surface area contributed by atoms with Crippen molar-refractivity contribution in [1.82, 2.24) is 0 Å². The Hall–Kier alpha value is -1.63. The molecule has 0 fully saturated rings. The van der Waals surface area contributed by atoms with E-state index in [0.29, 0.717) is 9.91 Å². The Bertz CT molecular complexity index is 946. The molecule has 0 amide bonds. The Balaban J connectivity index is 2.23. The zero-order valence-corrected chi connectivity index (χ0v) is 16.6. The molecule has 0 aliphatic heterocycles. The summed E-state index contributed by atoms with van der Waals surface area (Å²) in [4.78, 5) is 11.5. The van der Waals surface area contributed by atoms with Crippen LogP contribution in [0.4, 0.5) is 0 Å². The Morgan fingerprint density at radius 3 is 1.83 bits per heavy atom. The van der Waals surface area contributed by atoms with Gasteiger partial charge in [-0.05, 0) is 0 Å². The Morgan fingerprint density at radius 2 is 1.38 bits per heavy atom. The van der Waals surface area contributed by atoms with Gasteiger partial charge in [0.1, 0.15) is 0 Å². The molecule has 128 valence electrons. The van der Waals surface area contributed by atoms with Gasteiger partial charge in [0.05, 0.1) is 0 Å². The molecule has 0 aliphatic carbocycles. The molecule has 2 aromatic rings. The summed E-state index contributed by atoms with van der Waals surface area (Å²) in [6, 6.07) is 11.4. The van der Waals surface area contributed by atoms with Crippen molar-refractivity contribution in [3.63, 3.8) is 0 Å². The quantitative estimate of drug-likeness (QED) is 0.501. The van der Waals surface area contributed by atoms with Crippen molar-refractivity contribution in [3.8, 4) is 0 Å². The fraction of sp³-hybridized carbons (Fsp3) is 0.133. The topological polar surface area (TPSA) is 94.6 Å². The second-order valence-corrected chi connectivity index (χ2v) is 14.5. The summed E-state index contributed by atoms with van der Waals surface area (Å²) < 4.78 is 53.0. The molecule has 0 saturated heterocycles. The molecule has 0 saturated carbocycles. The number of carbonyl (C=O) groups excluding carboxylic acids is 1. The predicted molar refractivity (Wildman–Crippen MR) is 91.3 cm³/mol. The van der Waals surface area contributed by atoms with Crippen LogP contribution in [-0.4, -0.2) is 50.8 Å². The standard InChI is InChI=1S/C15H15AsO6S2/c1-22-15(17)11-3-5-12(6-4-11)16-24(20,21)14-9-7-13(8-10-14)23(2,18)19/h3-10,16H,1-2H3. The third-order valence-corrected chi connectivity index (χ3v) is 11.0. The van der Waals surface area contributed by atoms with Gasteiger partial charge in [-0.15, -0.1) is 0 Å². The molecule has 0 spiro atoms. The van der Waals surface area contributed by atoms with Crippen LogP contribution in [0.3, 0.4) is 0 Å². The summed E-state index contributed by atoms with van der Waals surface area (Å²) in [5, 5.41) is 0. The van der Waals surface area contributed by atoms with E-state index in [9.17, 15) is 21.6 Å². The van der Waals surface area contributed by atoms with Crippen LogP contribution in [0, 0.1) is 0 Å². The second kappa shape index (κ2) is 7.09. The molecule has 1 atom stereocenters. The second-order valence-electron chi connectivity index (χ2n) is 4.92. The maximum absolute atomic E-state index is 12.5. The summed E-state index contributed by atoms with van der Waals surface area (Å²) in [6.07, 6.45) is 1.06. The van der Waals surface area contributed by atoms with E-state index in [0.717, 1.165) is 6.26 Å². The number of esters is 1. The minimum absolute atomic E-state index is 0.0730. The van der Waals surface area contributed by atoms with E-state index >= 15 is 0 Å². The van der Waals surface area contributed by atoms with Gasteiger partial charge >= 0.3 is 146 Å². The van der Waals surface area contributed by atoms with Crippen LogP contribution in [0.25, 0.3) is 0 Å². The first-order valence-corrected chi connectivity index (χ1v) is 13.6. The van der Waals surface area contributed by atoms with Crippen LogP contribution in [0.1, 0.15) is 10.4 Å². The van der Waals surface area contributed by atoms with Crippen LogP contribution in [0.5, 0.6) is 0 Å². The molecular formula is C15H15AsO6S2. The van der Waals surface area contributed by atoms with E-state index in [-0.39, 0.29) is 9.79 Å². The van der Waals surface area contributed by atoms with Crippen molar-refractivity contribution < 1.29 is 26.4 Å². The molecule has 0 heterocycles. The monoisotopic (exact) mass is 430 g/mol. The van der Waals surface area contributed by atoms with Crippen molar-refractivity contribution in [2.45, 2.75) is 9.79 Å². The van der Waals surface area contributed by atoms with Crippen LogP contribution in [0.15, 0.2) is 58.3 Å². The van der Waals surface area contributed by atoms with E-state index in [1.165, 1.54) is 43.5 Å². The molecule has 2 rings (SSSR count). The van der Waals surface area contributed by atoms with E-state index in [1.54, 1.807) is 12.1 Å². The average Bonchev–Trinajstić information content (AvgIpc) is 2.54. The Morgan fingerprint density at radius 1 is 0.875 bits per heavy atom. The van der Waals surface area contributed by atoms with E-state index in [4.69, 9.17) is 0 Å². The summed E-state index contributed by atoms with van der Waals surface area (Å²) in [7, 11) is -5.60. The molecule has 0 aromatic heterocycles. The van der Waals surface area contributed by atoms with E-state index < -0.39 is 38.5 Å². The summed E-state index contributed by atoms with van der Waals surface area (Å²) in [5.41, 5.74) is 0.350. The number of ether oxygens (including phenoxy) is 1. The third kappa shape index (κ3) is 4.46. The van der Waals surface area contributed by atoms with Crippen LogP contribution in [0.2, 0.25) is 0 Å². The Kier molecular flexibility index (Phi) is 5.52. The molecule has 24 heavy (non-hydrogen) atoms. The number of carbonyl (C=O) groups is 1. The van der Waals surface area contributed by atoms with Gasteiger partial charge in [0.25, 0.3) is 0 Å². The number of sulfone groups is 1. The summed E-state index contributed by atoms with van der Waals surface area (Å²) in [5.74, 6) is -0.485. The number of methoxy groups -OCH3 is 1. The third-order valence-electron chi connectivity index (χ3n) is 3.12. The maximum atomic E-state index is 12.5. The first-order valence-electron chi connectivity index (χ1n) is 6.65.